The fourth-order valence-corrected chi connectivity index (χ4v) is 5.16. The van der Waals surface area contributed by atoms with Crippen molar-refractivity contribution in [2.24, 2.45) is 0 Å². The Morgan fingerprint density at radius 3 is 2.02 bits per heavy atom. The van der Waals surface area contributed by atoms with Gasteiger partial charge in [-0.25, -0.2) is 8.42 Å². The normalized spacial score (nSPS) is 12.7. The first kappa shape index (κ1) is 30.7. The van der Waals surface area contributed by atoms with Gasteiger partial charge in [0, 0.05) is 19.0 Å². The number of ether oxygens (including phenoxy) is 1. The summed E-state index contributed by atoms with van der Waals surface area (Å²) in [5, 5.41) is 3.03. The highest BCUT2D eigenvalue weighted by molar-refractivity contribution is 7.92. The lowest BCUT2D eigenvalue weighted by molar-refractivity contribution is -0.140. The molecule has 2 atom stereocenters. The molecule has 0 spiro atoms. The highest BCUT2D eigenvalue weighted by Gasteiger charge is 2.34. The molecule has 0 aliphatic rings. The van der Waals surface area contributed by atoms with Crippen molar-refractivity contribution in [1.29, 1.82) is 0 Å². The molecular weight excluding hydrogens is 526 g/mol. The number of carbonyl (C=O) groups excluding carboxylic acids is 2. The zero-order chi connectivity index (χ0) is 29.1. The number of sulfonamides is 1. The molecule has 214 valence electrons. The molecule has 2 amide bonds. The molecule has 0 radical (unpaired) electrons. The first-order valence-corrected chi connectivity index (χ1v) is 15.4. The van der Waals surface area contributed by atoms with Gasteiger partial charge in [-0.05, 0) is 43.5 Å². The fraction of sp³-hybridized carbons (Fsp3) is 0.355. The van der Waals surface area contributed by atoms with E-state index in [1.54, 1.807) is 31.2 Å². The van der Waals surface area contributed by atoms with Gasteiger partial charge in [0.1, 0.15) is 18.3 Å². The van der Waals surface area contributed by atoms with Crippen LogP contribution in [-0.4, -0.2) is 56.6 Å². The van der Waals surface area contributed by atoms with Gasteiger partial charge in [0.25, 0.3) is 0 Å². The van der Waals surface area contributed by atoms with E-state index >= 15 is 0 Å². The summed E-state index contributed by atoms with van der Waals surface area (Å²) in [6.45, 7) is 5.67. The summed E-state index contributed by atoms with van der Waals surface area (Å²) in [6.07, 6.45) is 2.06. The van der Waals surface area contributed by atoms with Gasteiger partial charge in [-0.3, -0.25) is 13.9 Å². The predicted octanol–water partition coefficient (Wildman–Crippen LogP) is 4.41. The first-order chi connectivity index (χ1) is 19.1. The summed E-state index contributed by atoms with van der Waals surface area (Å²) < 4.78 is 32.7. The number of hydrogen-bond donors (Lipinski definition) is 1. The highest BCUT2D eigenvalue weighted by Crippen LogP contribution is 2.30. The smallest absolute Gasteiger partial charge is 0.244 e. The maximum absolute atomic E-state index is 14.1. The Labute approximate surface area is 238 Å². The van der Waals surface area contributed by atoms with Crippen molar-refractivity contribution in [3.8, 4) is 5.75 Å². The molecule has 8 nitrogen and oxygen atoms in total. The Kier molecular flexibility index (Phi) is 11.1. The molecule has 0 saturated carbocycles. The molecule has 0 fully saturated rings. The van der Waals surface area contributed by atoms with E-state index in [9.17, 15) is 18.0 Å². The van der Waals surface area contributed by atoms with Crippen LogP contribution in [-0.2, 0) is 32.6 Å². The van der Waals surface area contributed by atoms with Gasteiger partial charge in [-0.15, -0.1) is 0 Å². The standard InChI is InChI=1S/C31H39N3O5S/c1-5-24(3)32-31(36)28(21-25-15-9-7-10-16-25)33(22-26-17-11-8-12-18-26)30(35)23-34(40(4,37)38)27-19-13-14-20-29(27)39-6-2/h7-20,24,28H,5-6,21-23H2,1-4H3,(H,32,36)/t24-,28+/m0/s1. The minimum absolute atomic E-state index is 0.0926. The fourth-order valence-electron chi connectivity index (χ4n) is 4.31. The van der Waals surface area contributed by atoms with E-state index in [4.69, 9.17) is 4.74 Å². The second-order valence-electron chi connectivity index (χ2n) is 9.70. The van der Waals surface area contributed by atoms with Gasteiger partial charge >= 0.3 is 0 Å². The molecule has 0 unspecified atom stereocenters. The molecule has 0 bridgehead atoms. The van der Waals surface area contributed by atoms with Crippen LogP contribution in [0.5, 0.6) is 5.75 Å². The molecular formula is C31H39N3O5S. The average molecular weight is 566 g/mol. The number of amides is 2. The molecule has 3 rings (SSSR count). The monoisotopic (exact) mass is 565 g/mol. The van der Waals surface area contributed by atoms with Crippen LogP contribution in [0.15, 0.2) is 84.9 Å². The molecule has 0 saturated heterocycles. The zero-order valence-electron chi connectivity index (χ0n) is 23.6. The lowest BCUT2D eigenvalue weighted by Gasteiger charge is -2.34. The Balaban J connectivity index is 2.06. The number of anilines is 1. The Morgan fingerprint density at radius 2 is 1.45 bits per heavy atom. The molecule has 0 aromatic heterocycles. The Bertz CT molecular complexity index is 1350. The van der Waals surface area contributed by atoms with E-state index < -0.39 is 28.5 Å². The quantitative estimate of drug-likeness (QED) is 0.313. The topological polar surface area (TPSA) is 96.0 Å². The van der Waals surface area contributed by atoms with E-state index in [0.717, 1.165) is 28.1 Å². The van der Waals surface area contributed by atoms with Crippen molar-refractivity contribution in [1.82, 2.24) is 10.2 Å². The molecule has 0 aliphatic heterocycles. The summed E-state index contributed by atoms with van der Waals surface area (Å²) in [5.74, 6) is -0.433. The number of hydrogen-bond acceptors (Lipinski definition) is 5. The lowest BCUT2D eigenvalue weighted by Crippen LogP contribution is -2.54. The number of benzene rings is 3. The summed E-state index contributed by atoms with van der Waals surface area (Å²) >= 11 is 0. The number of rotatable bonds is 14. The molecule has 0 aliphatic carbocycles. The molecule has 1 N–H and O–H groups in total. The van der Waals surface area contributed by atoms with Crippen LogP contribution in [0.2, 0.25) is 0 Å². The van der Waals surface area contributed by atoms with Gasteiger partial charge in [0.05, 0.1) is 18.6 Å². The van der Waals surface area contributed by atoms with Crippen molar-refractivity contribution in [2.75, 3.05) is 23.7 Å². The Morgan fingerprint density at radius 1 is 0.875 bits per heavy atom. The van der Waals surface area contributed by atoms with Gasteiger partial charge in [0.2, 0.25) is 21.8 Å². The number of nitrogens with one attached hydrogen (secondary N) is 1. The first-order valence-electron chi connectivity index (χ1n) is 13.5. The number of carbonyl (C=O) groups is 2. The average Bonchev–Trinajstić information content (AvgIpc) is 2.94. The largest absolute Gasteiger partial charge is 0.492 e. The summed E-state index contributed by atoms with van der Waals surface area (Å²) in [6, 6.07) is 24.6. The van der Waals surface area contributed by atoms with Crippen molar-refractivity contribution < 1.29 is 22.7 Å². The van der Waals surface area contributed by atoms with Crippen molar-refractivity contribution in [2.45, 2.75) is 52.2 Å². The second-order valence-corrected chi connectivity index (χ2v) is 11.6. The second kappa shape index (κ2) is 14.5. The third kappa shape index (κ3) is 8.58. The molecule has 40 heavy (non-hydrogen) atoms. The van der Waals surface area contributed by atoms with Crippen LogP contribution in [0, 0.1) is 0 Å². The molecule has 9 heteroatoms. The maximum Gasteiger partial charge on any atom is 0.244 e. The van der Waals surface area contributed by atoms with E-state index in [1.807, 2.05) is 74.5 Å². The van der Waals surface area contributed by atoms with Crippen LogP contribution >= 0.6 is 0 Å². The van der Waals surface area contributed by atoms with Crippen molar-refractivity contribution in [3.63, 3.8) is 0 Å². The lowest BCUT2D eigenvalue weighted by atomic mass is 10.0. The van der Waals surface area contributed by atoms with Crippen molar-refractivity contribution >= 4 is 27.5 Å². The summed E-state index contributed by atoms with van der Waals surface area (Å²) in [4.78, 5) is 29.3. The Hall–Kier alpha value is -3.85. The van der Waals surface area contributed by atoms with E-state index in [2.05, 4.69) is 5.32 Å². The maximum atomic E-state index is 14.1. The highest BCUT2D eigenvalue weighted by atomic mass is 32.2. The zero-order valence-corrected chi connectivity index (χ0v) is 24.4. The minimum atomic E-state index is -3.88. The third-order valence-electron chi connectivity index (χ3n) is 6.58. The van der Waals surface area contributed by atoms with Crippen LogP contribution in [0.25, 0.3) is 0 Å². The van der Waals surface area contributed by atoms with E-state index in [-0.39, 0.29) is 30.6 Å². The number of para-hydroxylation sites is 2. The van der Waals surface area contributed by atoms with Crippen LogP contribution in [0.4, 0.5) is 5.69 Å². The summed E-state index contributed by atoms with van der Waals surface area (Å²) in [5.41, 5.74) is 1.98. The van der Waals surface area contributed by atoms with Crippen LogP contribution in [0.1, 0.15) is 38.3 Å². The summed E-state index contributed by atoms with van der Waals surface area (Å²) in [7, 11) is -3.88. The van der Waals surface area contributed by atoms with Gasteiger partial charge in [-0.2, -0.15) is 0 Å². The minimum Gasteiger partial charge on any atom is -0.492 e. The predicted molar refractivity (Wildman–Crippen MR) is 159 cm³/mol. The molecule has 0 heterocycles. The van der Waals surface area contributed by atoms with Gasteiger partial charge in [0.15, 0.2) is 0 Å². The van der Waals surface area contributed by atoms with Gasteiger partial charge in [-0.1, -0.05) is 79.7 Å². The third-order valence-corrected chi connectivity index (χ3v) is 7.71. The molecule has 3 aromatic rings. The SMILES string of the molecule is CCOc1ccccc1N(CC(=O)N(Cc1ccccc1)[C@H](Cc1ccccc1)C(=O)N[C@@H](C)CC)S(C)(=O)=O. The van der Waals surface area contributed by atoms with Crippen LogP contribution in [0.3, 0.4) is 0 Å². The van der Waals surface area contributed by atoms with E-state index in [1.165, 1.54) is 4.90 Å². The molecule has 3 aromatic carbocycles. The van der Waals surface area contributed by atoms with Gasteiger partial charge < -0.3 is 15.0 Å². The number of nitrogens with zero attached hydrogens (tertiary/aromatic N) is 2. The van der Waals surface area contributed by atoms with Crippen LogP contribution < -0.4 is 14.4 Å². The van der Waals surface area contributed by atoms with Crippen molar-refractivity contribution in [3.05, 3.63) is 96.1 Å². The van der Waals surface area contributed by atoms with E-state index in [0.29, 0.717) is 12.4 Å².